The van der Waals surface area contributed by atoms with E-state index in [0.717, 1.165) is 31.5 Å². The lowest BCUT2D eigenvalue weighted by molar-refractivity contribution is 0.433. The first-order valence-corrected chi connectivity index (χ1v) is 7.91. The Labute approximate surface area is 137 Å². The van der Waals surface area contributed by atoms with Crippen LogP contribution in [0.3, 0.4) is 0 Å². The summed E-state index contributed by atoms with van der Waals surface area (Å²) in [5.74, 6) is -0.593. The Kier molecular flexibility index (Phi) is 3.45. The Morgan fingerprint density at radius 3 is 2.92 bits per heavy atom. The molecule has 0 saturated heterocycles. The van der Waals surface area contributed by atoms with Gasteiger partial charge in [0, 0.05) is 30.7 Å². The molecule has 1 aliphatic rings. The number of hydrogen-bond acceptors (Lipinski definition) is 3. The quantitative estimate of drug-likeness (QED) is 0.760. The Bertz CT molecular complexity index is 975. The second-order valence-corrected chi connectivity index (χ2v) is 5.90. The molecule has 0 unspecified atom stereocenters. The summed E-state index contributed by atoms with van der Waals surface area (Å²) in [7, 11) is 0. The summed E-state index contributed by atoms with van der Waals surface area (Å²) in [6.45, 7) is 0.734. The number of hydrogen-bond donors (Lipinski definition) is 2. The van der Waals surface area contributed by atoms with Crippen molar-refractivity contribution in [2.45, 2.75) is 25.8 Å². The number of pyridine rings is 1. The van der Waals surface area contributed by atoms with E-state index in [1.165, 1.54) is 12.1 Å². The fourth-order valence-electron chi connectivity index (χ4n) is 3.26. The minimum Gasteiger partial charge on any atom is -0.504 e. The minimum absolute atomic E-state index is 0.116. The van der Waals surface area contributed by atoms with E-state index in [4.69, 9.17) is 0 Å². The molecule has 0 fully saturated rings. The lowest BCUT2D eigenvalue weighted by Gasteiger charge is -2.17. The number of phenolic OH excluding ortho intramolecular Hbond substituents is 1. The molecule has 0 amide bonds. The Hall–Kier alpha value is -2.89. The fraction of sp³-hybridized carbons (Fsp3) is 0.222. The molecule has 0 spiro atoms. The average molecular weight is 325 g/mol. The Balaban J connectivity index is 1.99. The molecular weight excluding hydrogens is 309 g/mol. The van der Waals surface area contributed by atoms with Crippen LogP contribution >= 0.6 is 0 Å². The van der Waals surface area contributed by atoms with Gasteiger partial charge in [-0.1, -0.05) is 6.07 Å². The van der Waals surface area contributed by atoms with Crippen molar-refractivity contribution >= 4 is 0 Å². The van der Waals surface area contributed by atoms with E-state index in [-0.39, 0.29) is 5.43 Å². The van der Waals surface area contributed by atoms with Gasteiger partial charge in [0.2, 0.25) is 0 Å². The van der Waals surface area contributed by atoms with Crippen molar-refractivity contribution < 1.29 is 9.50 Å². The van der Waals surface area contributed by atoms with Crippen LogP contribution in [0.25, 0.3) is 22.6 Å². The Morgan fingerprint density at radius 1 is 1.21 bits per heavy atom. The molecule has 1 aromatic carbocycles. The summed E-state index contributed by atoms with van der Waals surface area (Å²) in [5.41, 5.74) is 2.28. The van der Waals surface area contributed by atoms with Crippen LogP contribution in [-0.4, -0.2) is 19.6 Å². The molecule has 4 rings (SSSR count). The third-order valence-corrected chi connectivity index (χ3v) is 4.42. The van der Waals surface area contributed by atoms with Crippen molar-refractivity contribution in [3.63, 3.8) is 0 Å². The van der Waals surface area contributed by atoms with Crippen LogP contribution in [0.15, 0.2) is 41.5 Å². The molecule has 3 aromatic rings. The van der Waals surface area contributed by atoms with Gasteiger partial charge in [-0.15, -0.1) is 0 Å². The lowest BCUT2D eigenvalue weighted by atomic mass is 10.0. The summed E-state index contributed by atoms with van der Waals surface area (Å²) < 4.78 is 15.7. The second kappa shape index (κ2) is 5.63. The van der Waals surface area contributed by atoms with Crippen molar-refractivity contribution in [2.75, 3.05) is 0 Å². The third-order valence-electron chi connectivity index (χ3n) is 4.42. The SMILES string of the molecule is O=c1cc[nH]cc1-c1nc(-c2cccc(F)c2O)n2c1CCCC2. The smallest absolute Gasteiger partial charge is 0.190 e. The van der Waals surface area contributed by atoms with Gasteiger partial charge in [-0.05, 0) is 31.4 Å². The maximum Gasteiger partial charge on any atom is 0.190 e. The summed E-state index contributed by atoms with van der Waals surface area (Å²) in [6.07, 6.45) is 6.00. The normalized spacial score (nSPS) is 13.7. The van der Waals surface area contributed by atoms with E-state index in [1.807, 2.05) is 4.57 Å². The van der Waals surface area contributed by atoms with Crippen molar-refractivity contribution in [1.82, 2.24) is 14.5 Å². The van der Waals surface area contributed by atoms with Crippen LogP contribution in [0.2, 0.25) is 0 Å². The van der Waals surface area contributed by atoms with E-state index >= 15 is 0 Å². The van der Waals surface area contributed by atoms with Gasteiger partial charge < -0.3 is 14.7 Å². The highest BCUT2D eigenvalue weighted by molar-refractivity contribution is 5.71. The number of fused-ring (bicyclic) bond motifs is 1. The second-order valence-electron chi connectivity index (χ2n) is 5.90. The van der Waals surface area contributed by atoms with E-state index in [0.29, 0.717) is 22.6 Å². The minimum atomic E-state index is -0.681. The van der Waals surface area contributed by atoms with E-state index in [2.05, 4.69) is 9.97 Å². The monoisotopic (exact) mass is 325 g/mol. The van der Waals surface area contributed by atoms with Gasteiger partial charge >= 0.3 is 0 Å². The van der Waals surface area contributed by atoms with Gasteiger partial charge in [-0.25, -0.2) is 9.37 Å². The van der Waals surface area contributed by atoms with Gasteiger partial charge in [0.05, 0.1) is 16.8 Å². The van der Waals surface area contributed by atoms with Gasteiger partial charge in [0.25, 0.3) is 0 Å². The number of aromatic amines is 1. The molecule has 1 aliphatic heterocycles. The van der Waals surface area contributed by atoms with Crippen LogP contribution in [-0.2, 0) is 13.0 Å². The number of rotatable bonds is 2. The van der Waals surface area contributed by atoms with Crippen molar-refractivity contribution in [2.24, 2.45) is 0 Å². The maximum absolute atomic E-state index is 13.7. The van der Waals surface area contributed by atoms with Gasteiger partial charge in [-0.2, -0.15) is 0 Å². The first kappa shape index (κ1) is 14.7. The molecule has 122 valence electrons. The zero-order chi connectivity index (χ0) is 16.7. The number of H-pyrrole nitrogens is 1. The number of para-hydroxylation sites is 1. The number of imidazole rings is 1. The number of nitrogens with one attached hydrogen (secondary N) is 1. The van der Waals surface area contributed by atoms with Gasteiger partial charge in [0.15, 0.2) is 17.0 Å². The molecule has 0 bridgehead atoms. The van der Waals surface area contributed by atoms with Gasteiger partial charge in [0.1, 0.15) is 5.82 Å². The highest BCUT2D eigenvalue weighted by atomic mass is 19.1. The Morgan fingerprint density at radius 2 is 2.08 bits per heavy atom. The molecule has 24 heavy (non-hydrogen) atoms. The summed E-state index contributed by atoms with van der Waals surface area (Å²) in [6, 6.07) is 5.86. The molecule has 0 aliphatic carbocycles. The molecule has 0 atom stereocenters. The number of aromatic nitrogens is 3. The molecule has 5 nitrogen and oxygen atoms in total. The summed E-state index contributed by atoms with van der Waals surface area (Å²) in [5, 5.41) is 10.1. The first-order chi connectivity index (χ1) is 11.7. The third kappa shape index (κ3) is 2.22. The number of halogens is 1. The first-order valence-electron chi connectivity index (χ1n) is 7.91. The number of phenols is 1. The summed E-state index contributed by atoms with van der Waals surface area (Å²) in [4.78, 5) is 19.7. The molecular formula is C18H16FN3O2. The number of benzene rings is 1. The highest BCUT2D eigenvalue weighted by Crippen LogP contribution is 2.36. The molecule has 6 heteroatoms. The van der Waals surface area contributed by atoms with Crippen molar-refractivity contribution in [3.05, 3.63) is 58.4 Å². The number of nitrogens with zero attached hydrogens (tertiary/aromatic N) is 2. The highest BCUT2D eigenvalue weighted by Gasteiger charge is 2.25. The van der Waals surface area contributed by atoms with Crippen LogP contribution in [0.4, 0.5) is 4.39 Å². The van der Waals surface area contributed by atoms with Crippen LogP contribution in [0, 0.1) is 5.82 Å². The van der Waals surface area contributed by atoms with Crippen LogP contribution < -0.4 is 5.43 Å². The zero-order valence-electron chi connectivity index (χ0n) is 12.9. The zero-order valence-corrected chi connectivity index (χ0v) is 12.9. The van der Waals surface area contributed by atoms with Gasteiger partial charge in [-0.3, -0.25) is 4.79 Å². The standard InChI is InChI=1S/C18H16FN3O2/c19-13-5-3-4-11(17(13)24)18-21-16(12-10-20-8-7-15(12)23)14-6-1-2-9-22(14)18/h3-5,7-8,10,24H,1-2,6,9H2,(H,20,23). The molecule has 3 heterocycles. The van der Waals surface area contributed by atoms with Crippen LogP contribution in [0.1, 0.15) is 18.5 Å². The predicted octanol–water partition coefficient (Wildman–Crippen LogP) is 3.09. The van der Waals surface area contributed by atoms with E-state index in [1.54, 1.807) is 24.5 Å². The predicted molar refractivity (Wildman–Crippen MR) is 88.3 cm³/mol. The van der Waals surface area contributed by atoms with Crippen molar-refractivity contribution in [3.8, 4) is 28.4 Å². The van der Waals surface area contributed by atoms with E-state index in [9.17, 15) is 14.3 Å². The maximum atomic E-state index is 13.7. The summed E-state index contributed by atoms with van der Waals surface area (Å²) >= 11 is 0. The lowest BCUT2D eigenvalue weighted by Crippen LogP contribution is -2.12. The topological polar surface area (TPSA) is 70.9 Å². The fourth-order valence-corrected chi connectivity index (χ4v) is 3.26. The number of aromatic hydroxyl groups is 1. The molecule has 0 saturated carbocycles. The average Bonchev–Trinajstić information content (AvgIpc) is 2.97. The molecule has 2 aromatic heterocycles. The van der Waals surface area contributed by atoms with E-state index < -0.39 is 11.6 Å². The molecule has 0 radical (unpaired) electrons. The largest absolute Gasteiger partial charge is 0.504 e. The van der Waals surface area contributed by atoms with Crippen LogP contribution in [0.5, 0.6) is 5.75 Å². The molecule has 2 N–H and O–H groups in total. The van der Waals surface area contributed by atoms with Crippen molar-refractivity contribution in [1.29, 1.82) is 0 Å².